The van der Waals surface area contributed by atoms with Crippen LogP contribution in [0.25, 0.3) is 0 Å². The van der Waals surface area contributed by atoms with Crippen molar-refractivity contribution in [2.45, 2.75) is 38.6 Å². The largest absolute Gasteiger partial charge is 0.296 e. The van der Waals surface area contributed by atoms with Crippen molar-refractivity contribution in [3.63, 3.8) is 0 Å². The summed E-state index contributed by atoms with van der Waals surface area (Å²) < 4.78 is 0. The standard InChI is InChI=1S/C13H19NS/c1-9-5-6-11(7-10(9)2)12-14-13(3,4)8-15-12/h5-7,12,14H,8H2,1-4H3. The predicted octanol–water partition coefficient (Wildman–Crippen LogP) is 3.42. The Hall–Kier alpha value is -0.470. The molecule has 15 heavy (non-hydrogen) atoms. The number of aryl methyl sites for hydroxylation is 2. The van der Waals surface area contributed by atoms with Crippen molar-refractivity contribution in [2.75, 3.05) is 5.75 Å². The van der Waals surface area contributed by atoms with Crippen LogP contribution in [0.5, 0.6) is 0 Å². The fourth-order valence-corrected chi connectivity index (χ4v) is 3.25. The van der Waals surface area contributed by atoms with Crippen LogP contribution in [0.2, 0.25) is 0 Å². The first-order valence-electron chi connectivity index (χ1n) is 5.44. The molecule has 0 amide bonds. The minimum atomic E-state index is 0.272. The zero-order chi connectivity index (χ0) is 11.1. The van der Waals surface area contributed by atoms with E-state index in [-0.39, 0.29) is 5.54 Å². The SMILES string of the molecule is Cc1ccc(C2NC(C)(C)CS2)cc1C. The molecule has 1 aromatic rings. The highest BCUT2D eigenvalue weighted by molar-refractivity contribution is 7.99. The molecule has 82 valence electrons. The molecule has 0 saturated carbocycles. The van der Waals surface area contributed by atoms with Crippen molar-refractivity contribution in [2.24, 2.45) is 0 Å². The molecule has 1 aliphatic rings. The smallest absolute Gasteiger partial charge is 0.0794 e. The fourth-order valence-electron chi connectivity index (χ4n) is 1.84. The predicted molar refractivity (Wildman–Crippen MR) is 68.3 cm³/mol. The van der Waals surface area contributed by atoms with Gasteiger partial charge in [-0.05, 0) is 44.4 Å². The third kappa shape index (κ3) is 2.37. The highest BCUT2D eigenvalue weighted by Crippen LogP contribution is 2.37. The summed E-state index contributed by atoms with van der Waals surface area (Å²) in [6.45, 7) is 8.88. The Morgan fingerprint density at radius 2 is 2.00 bits per heavy atom. The lowest BCUT2D eigenvalue weighted by Crippen LogP contribution is -2.35. The van der Waals surface area contributed by atoms with Gasteiger partial charge >= 0.3 is 0 Å². The molecule has 0 radical (unpaired) electrons. The van der Waals surface area contributed by atoms with Crippen LogP contribution in [-0.2, 0) is 0 Å². The average Bonchev–Trinajstić information content (AvgIpc) is 2.51. The van der Waals surface area contributed by atoms with E-state index in [1.165, 1.54) is 22.4 Å². The van der Waals surface area contributed by atoms with E-state index in [0.717, 1.165) is 0 Å². The van der Waals surface area contributed by atoms with Crippen LogP contribution in [0, 0.1) is 13.8 Å². The molecule has 0 aliphatic carbocycles. The van der Waals surface area contributed by atoms with Gasteiger partial charge in [-0.25, -0.2) is 0 Å². The van der Waals surface area contributed by atoms with Crippen molar-refractivity contribution in [1.82, 2.24) is 5.32 Å². The minimum absolute atomic E-state index is 0.272. The van der Waals surface area contributed by atoms with Crippen LogP contribution < -0.4 is 5.32 Å². The van der Waals surface area contributed by atoms with E-state index < -0.39 is 0 Å². The normalized spacial score (nSPS) is 24.4. The third-order valence-corrected chi connectivity index (χ3v) is 4.58. The first-order valence-corrected chi connectivity index (χ1v) is 6.49. The topological polar surface area (TPSA) is 12.0 Å². The second-order valence-corrected chi connectivity index (χ2v) is 6.16. The Kier molecular flexibility index (Phi) is 2.82. The highest BCUT2D eigenvalue weighted by atomic mass is 32.2. The van der Waals surface area contributed by atoms with Gasteiger partial charge in [0.1, 0.15) is 0 Å². The summed E-state index contributed by atoms with van der Waals surface area (Å²) in [6, 6.07) is 6.77. The molecule has 1 nitrogen and oxygen atoms in total. The first-order chi connectivity index (χ1) is 6.98. The molecule has 2 heteroatoms. The molecule has 0 bridgehead atoms. The maximum absolute atomic E-state index is 3.66. The van der Waals surface area contributed by atoms with Crippen LogP contribution in [0.4, 0.5) is 0 Å². The lowest BCUT2D eigenvalue weighted by Gasteiger charge is -2.19. The summed E-state index contributed by atoms with van der Waals surface area (Å²) in [5, 5.41) is 4.13. The van der Waals surface area contributed by atoms with Crippen molar-refractivity contribution < 1.29 is 0 Å². The van der Waals surface area contributed by atoms with E-state index in [4.69, 9.17) is 0 Å². The minimum Gasteiger partial charge on any atom is -0.296 e. The Morgan fingerprint density at radius 3 is 2.53 bits per heavy atom. The van der Waals surface area contributed by atoms with Gasteiger partial charge in [-0.15, -0.1) is 11.8 Å². The van der Waals surface area contributed by atoms with Crippen LogP contribution in [-0.4, -0.2) is 11.3 Å². The van der Waals surface area contributed by atoms with Gasteiger partial charge < -0.3 is 0 Å². The molecule has 1 saturated heterocycles. The Morgan fingerprint density at radius 1 is 1.27 bits per heavy atom. The number of nitrogens with one attached hydrogen (secondary N) is 1. The number of hydrogen-bond donors (Lipinski definition) is 1. The Balaban J connectivity index is 2.21. The van der Waals surface area contributed by atoms with Gasteiger partial charge in [-0.1, -0.05) is 18.2 Å². The van der Waals surface area contributed by atoms with E-state index in [0.29, 0.717) is 5.37 Å². The molecule has 0 aromatic heterocycles. The maximum atomic E-state index is 3.66. The second kappa shape index (κ2) is 3.84. The van der Waals surface area contributed by atoms with Crippen molar-refractivity contribution in [1.29, 1.82) is 0 Å². The molecule has 1 N–H and O–H groups in total. The number of hydrogen-bond acceptors (Lipinski definition) is 2. The molecule has 1 aliphatic heterocycles. The zero-order valence-electron chi connectivity index (χ0n) is 9.92. The van der Waals surface area contributed by atoms with Gasteiger partial charge in [0.15, 0.2) is 0 Å². The molecule has 2 rings (SSSR count). The zero-order valence-corrected chi connectivity index (χ0v) is 10.7. The van der Waals surface area contributed by atoms with Crippen LogP contribution in [0.3, 0.4) is 0 Å². The Bertz CT molecular complexity index is 371. The average molecular weight is 221 g/mol. The monoisotopic (exact) mass is 221 g/mol. The van der Waals surface area contributed by atoms with E-state index >= 15 is 0 Å². The lowest BCUT2D eigenvalue weighted by atomic mass is 10.0. The molecular formula is C13H19NS. The van der Waals surface area contributed by atoms with E-state index in [2.05, 4.69) is 51.2 Å². The number of benzene rings is 1. The third-order valence-electron chi connectivity index (χ3n) is 2.97. The highest BCUT2D eigenvalue weighted by Gasteiger charge is 2.31. The number of rotatable bonds is 1. The van der Waals surface area contributed by atoms with E-state index in [1.807, 2.05) is 11.8 Å². The molecule has 1 heterocycles. The molecule has 1 atom stereocenters. The van der Waals surface area contributed by atoms with Crippen molar-refractivity contribution in [3.05, 3.63) is 34.9 Å². The molecule has 1 fully saturated rings. The van der Waals surface area contributed by atoms with E-state index in [1.54, 1.807) is 0 Å². The summed E-state index contributed by atoms with van der Waals surface area (Å²) >= 11 is 2.01. The van der Waals surface area contributed by atoms with Crippen molar-refractivity contribution in [3.8, 4) is 0 Å². The van der Waals surface area contributed by atoms with Crippen LogP contribution in [0.15, 0.2) is 18.2 Å². The van der Waals surface area contributed by atoms with Crippen LogP contribution in [0.1, 0.15) is 35.9 Å². The van der Waals surface area contributed by atoms with Gasteiger partial charge in [0.2, 0.25) is 0 Å². The van der Waals surface area contributed by atoms with Crippen molar-refractivity contribution >= 4 is 11.8 Å². The van der Waals surface area contributed by atoms with Gasteiger partial charge in [-0.2, -0.15) is 0 Å². The summed E-state index contributed by atoms with van der Waals surface area (Å²) in [7, 11) is 0. The fraction of sp³-hybridized carbons (Fsp3) is 0.538. The molecular weight excluding hydrogens is 202 g/mol. The summed E-state index contributed by atoms with van der Waals surface area (Å²) in [5.74, 6) is 1.19. The summed E-state index contributed by atoms with van der Waals surface area (Å²) in [5.41, 5.74) is 4.45. The van der Waals surface area contributed by atoms with Gasteiger partial charge in [0.25, 0.3) is 0 Å². The van der Waals surface area contributed by atoms with Gasteiger partial charge in [-0.3, -0.25) is 5.32 Å². The van der Waals surface area contributed by atoms with Crippen LogP contribution >= 0.6 is 11.8 Å². The van der Waals surface area contributed by atoms with Gasteiger partial charge in [0, 0.05) is 11.3 Å². The first kappa shape index (κ1) is 11.0. The maximum Gasteiger partial charge on any atom is 0.0794 e. The molecule has 1 aromatic carbocycles. The van der Waals surface area contributed by atoms with E-state index in [9.17, 15) is 0 Å². The Labute approximate surface area is 96.7 Å². The lowest BCUT2D eigenvalue weighted by molar-refractivity contribution is 0.452. The molecule has 0 spiro atoms. The second-order valence-electron chi connectivity index (χ2n) is 5.06. The summed E-state index contributed by atoms with van der Waals surface area (Å²) in [4.78, 5) is 0. The summed E-state index contributed by atoms with van der Waals surface area (Å²) in [6.07, 6.45) is 0. The van der Waals surface area contributed by atoms with Gasteiger partial charge in [0.05, 0.1) is 5.37 Å². The quantitative estimate of drug-likeness (QED) is 0.780. The number of thioether (sulfide) groups is 1. The molecule has 1 unspecified atom stereocenters.